The number of rotatable bonds is 3. The van der Waals surface area contributed by atoms with Crippen LogP contribution in [0.2, 0.25) is 0 Å². The number of ether oxygens (including phenoxy) is 1. The van der Waals surface area contributed by atoms with Crippen LogP contribution in [-0.2, 0) is 10.2 Å². The van der Waals surface area contributed by atoms with Crippen LogP contribution in [0.25, 0.3) is 0 Å². The van der Waals surface area contributed by atoms with Gasteiger partial charge in [0.15, 0.2) is 0 Å². The Hall–Kier alpha value is -1.00. The lowest BCUT2D eigenvalue weighted by Crippen LogP contribution is -2.24. The number of aromatic nitrogens is 2. The first kappa shape index (κ1) is 11.1. The molecule has 2 heterocycles. The number of hydrogen-bond acceptors (Lipinski definition) is 4. The molecule has 2 N–H and O–H groups in total. The van der Waals surface area contributed by atoms with Crippen LogP contribution in [0, 0.1) is 0 Å². The quantitative estimate of drug-likeness (QED) is 0.856. The largest absolute Gasteiger partial charge is 0.381 e. The van der Waals surface area contributed by atoms with Crippen LogP contribution in [0.4, 0.5) is 0 Å². The van der Waals surface area contributed by atoms with Gasteiger partial charge in [0.25, 0.3) is 0 Å². The Balaban J connectivity index is 1.83. The zero-order chi connectivity index (χ0) is 11.7. The lowest BCUT2D eigenvalue weighted by atomic mass is 9.96. The van der Waals surface area contributed by atoms with E-state index in [1.807, 2.05) is 12.3 Å². The second kappa shape index (κ2) is 4.35. The summed E-state index contributed by atoms with van der Waals surface area (Å²) < 4.78 is 5.39. The highest BCUT2D eigenvalue weighted by atomic mass is 16.5. The van der Waals surface area contributed by atoms with E-state index in [-0.39, 0.29) is 5.41 Å². The summed E-state index contributed by atoms with van der Waals surface area (Å²) in [7, 11) is 0. The molecule has 0 unspecified atom stereocenters. The van der Waals surface area contributed by atoms with Crippen molar-refractivity contribution in [2.24, 2.45) is 5.73 Å². The molecule has 0 amide bonds. The molecule has 0 atom stereocenters. The molecule has 3 rings (SSSR count). The van der Waals surface area contributed by atoms with Crippen LogP contribution in [0.15, 0.2) is 12.3 Å². The van der Waals surface area contributed by atoms with E-state index in [1.165, 1.54) is 5.69 Å². The van der Waals surface area contributed by atoms with Gasteiger partial charge in [0.05, 0.1) is 0 Å². The third-order valence-electron chi connectivity index (χ3n) is 4.04. The van der Waals surface area contributed by atoms with Gasteiger partial charge in [-0.15, -0.1) is 0 Å². The maximum Gasteiger partial charge on any atom is 0.135 e. The molecule has 1 saturated carbocycles. The molecule has 17 heavy (non-hydrogen) atoms. The Morgan fingerprint density at radius 2 is 2.12 bits per heavy atom. The minimum Gasteiger partial charge on any atom is -0.381 e. The number of hydrogen-bond donors (Lipinski definition) is 1. The van der Waals surface area contributed by atoms with E-state index in [0.717, 1.165) is 44.7 Å². The first-order valence-electron chi connectivity index (χ1n) is 6.45. The third kappa shape index (κ3) is 2.07. The zero-order valence-electron chi connectivity index (χ0n) is 10.1. The van der Waals surface area contributed by atoms with Crippen molar-refractivity contribution in [2.45, 2.75) is 37.0 Å². The topological polar surface area (TPSA) is 61.0 Å². The second-order valence-corrected chi connectivity index (χ2v) is 5.18. The molecule has 1 saturated heterocycles. The molecule has 1 aliphatic carbocycles. The third-order valence-corrected chi connectivity index (χ3v) is 4.04. The van der Waals surface area contributed by atoms with E-state index >= 15 is 0 Å². The highest BCUT2D eigenvalue weighted by Gasteiger charge is 2.45. The standard InChI is InChI=1S/C13H19N3O/c14-9-13(4-5-13)12-15-6-1-11(16-12)10-2-7-17-8-3-10/h1,6,10H,2-5,7-9,14H2. The summed E-state index contributed by atoms with van der Waals surface area (Å²) in [6.07, 6.45) is 6.32. The van der Waals surface area contributed by atoms with Gasteiger partial charge in [0.1, 0.15) is 5.82 Å². The van der Waals surface area contributed by atoms with Crippen molar-refractivity contribution < 1.29 is 4.74 Å². The normalized spacial score (nSPS) is 23.6. The lowest BCUT2D eigenvalue weighted by molar-refractivity contribution is 0.0844. The van der Waals surface area contributed by atoms with Crippen LogP contribution >= 0.6 is 0 Å². The summed E-state index contributed by atoms with van der Waals surface area (Å²) in [6.45, 7) is 2.38. The fourth-order valence-corrected chi connectivity index (χ4v) is 2.52. The molecule has 1 aromatic heterocycles. The van der Waals surface area contributed by atoms with Gasteiger partial charge < -0.3 is 10.5 Å². The van der Waals surface area contributed by atoms with Crippen molar-refractivity contribution in [3.05, 3.63) is 23.8 Å². The monoisotopic (exact) mass is 233 g/mol. The molecule has 0 bridgehead atoms. The van der Waals surface area contributed by atoms with Gasteiger partial charge in [-0.2, -0.15) is 0 Å². The molecule has 0 radical (unpaired) electrons. The summed E-state index contributed by atoms with van der Waals surface area (Å²) in [4.78, 5) is 9.17. The van der Waals surface area contributed by atoms with Crippen molar-refractivity contribution in [1.29, 1.82) is 0 Å². The maximum absolute atomic E-state index is 5.83. The Labute approximate surface area is 102 Å². The fourth-order valence-electron chi connectivity index (χ4n) is 2.52. The molecule has 4 heteroatoms. The molecule has 1 aliphatic heterocycles. The van der Waals surface area contributed by atoms with Gasteiger partial charge in [-0.3, -0.25) is 0 Å². The molecule has 92 valence electrons. The molecular formula is C13H19N3O. The molecule has 4 nitrogen and oxygen atoms in total. The van der Waals surface area contributed by atoms with Gasteiger partial charge in [-0.05, 0) is 31.7 Å². The van der Waals surface area contributed by atoms with Gasteiger partial charge in [-0.1, -0.05) is 0 Å². The van der Waals surface area contributed by atoms with Crippen molar-refractivity contribution in [3.8, 4) is 0 Å². The Bertz CT molecular complexity index is 397. The van der Waals surface area contributed by atoms with Crippen LogP contribution in [0.3, 0.4) is 0 Å². The zero-order valence-corrected chi connectivity index (χ0v) is 10.1. The summed E-state index contributed by atoms with van der Waals surface area (Å²) in [5, 5.41) is 0. The molecule has 1 aromatic rings. The molecule has 0 aromatic carbocycles. The Morgan fingerprint density at radius 3 is 2.76 bits per heavy atom. The average molecular weight is 233 g/mol. The number of nitrogens with two attached hydrogens (primary N) is 1. The predicted octanol–water partition coefficient (Wildman–Crippen LogP) is 1.36. The second-order valence-electron chi connectivity index (χ2n) is 5.18. The van der Waals surface area contributed by atoms with Crippen LogP contribution in [0.1, 0.15) is 43.1 Å². The smallest absolute Gasteiger partial charge is 0.135 e. The summed E-state index contributed by atoms with van der Waals surface area (Å²) >= 11 is 0. The Kier molecular flexibility index (Phi) is 2.84. The minimum atomic E-state index is 0.0984. The highest BCUT2D eigenvalue weighted by Crippen LogP contribution is 2.45. The molecular weight excluding hydrogens is 214 g/mol. The van der Waals surface area contributed by atoms with E-state index in [9.17, 15) is 0 Å². The highest BCUT2D eigenvalue weighted by molar-refractivity contribution is 5.21. The lowest BCUT2D eigenvalue weighted by Gasteiger charge is -2.22. The van der Waals surface area contributed by atoms with Gasteiger partial charge in [0.2, 0.25) is 0 Å². The van der Waals surface area contributed by atoms with E-state index in [4.69, 9.17) is 15.5 Å². The maximum atomic E-state index is 5.83. The first-order valence-corrected chi connectivity index (χ1v) is 6.45. The molecule has 2 aliphatic rings. The van der Waals surface area contributed by atoms with Gasteiger partial charge >= 0.3 is 0 Å². The van der Waals surface area contributed by atoms with E-state index in [0.29, 0.717) is 12.5 Å². The summed E-state index contributed by atoms with van der Waals surface area (Å²) in [5.74, 6) is 1.50. The molecule has 0 spiro atoms. The number of nitrogens with zero attached hydrogens (tertiary/aromatic N) is 2. The Morgan fingerprint density at radius 1 is 1.35 bits per heavy atom. The van der Waals surface area contributed by atoms with Crippen molar-refractivity contribution >= 4 is 0 Å². The van der Waals surface area contributed by atoms with Gasteiger partial charge in [-0.25, -0.2) is 9.97 Å². The van der Waals surface area contributed by atoms with Crippen LogP contribution in [0.5, 0.6) is 0 Å². The molecule has 2 fully saturated rings. The van der Waals surface area contributed by atoms with Crippen molar-refractivity contribution in [3.63, 3.8) is 0 Å². The average Bonchev–Trinajstić information content (AvgIpc) is 3.21. The van der Waals surface area contributed by atoms with E-state index in [1.54, 1.807) is 0 Å². The van der Waals surface area contributed by atoms with E-state index in [2.05, 4.69) is 4.98 Å². The van der Waals surface area contributed by atoms with Crippen LogP contribution in [-0.4, -0.2) is 29.7 Å². The fraction of sp³-hybridized carbons (Fsp3) is 0.692. The summed E-state index contributed by atoms with van der Waals surface area (Å²) in [6, 6.07) is 2.05. The minimum absolute atomic E-state index is 0.0984. The SMILES string of the molecule is NCC1(c2nccc(C3CCOCC3)n2)CC1. The summed E-state index contributed by atoms with van der Waals surface area (Å²) in [5.41, 5.74) is 7.11. The first-order chi connectivity index (χ1) is 8.34. The van der Waals surface area contributed by atoms with Crippen LogP contribution < -0.4 is 5.73 Å². The van der Waals surface area contributed by atoms with Crippen molar-refractivity contribution in [2.75, 3.05) is 19.8 Å². The van der Waals surface area contributed by atoms with E-state index < -0.39 is 0 Å². The predicted molar refractivity (Wildman–Crippen MR) is 64.8 cm³/mol. The van der Waals surface area contributed by atoms with Crippen molar-refractivity contribution in [1.82, 2.24) is 9.97 Å². The van der Waals surface area contributed by atoms with Gasteiger partial charge in [0, 0.05) is 43.0 Å².